The third-order valence-corrected chi connectivity index (χ3v) is 4.61. The Balaban J connectivity index is 1.64. The van der Waals surface area contributed by atoms with Crippen molar-refractivity contribution in [3.8, 4) is 0 Å². The van der Waals surface area contributed by atoms with E-state index in [9.17, 15) is 13.2 Å². The lowest BCUT2D eigenvalue weighted by Gasteiger charge is -2.31. The number of nitrogens with one attached hydrogen (secondary N) is 1. The number of hydrogen-bond acceptors (Lipinski definition) is 1. The minimum absolute atomic E-state index is 0.334. The monoisotopic (exact) mass is 263 g/mol. The van der Waals surface area contributed by atoms with Crippen LogP contribution in [0.3, 0.4) is 0 Å². The Labute approximate surface area is 108 Å². The van der Waals surface area contributed by atoms with Gasteiger partial charge < -0.3 is 5.32 Å². The molecule has 2 rings (SSSR count). The SMILES string of the molecule is FC(F)(F)C1CCC(CNC2CCCCC2)CC1. The highest BCUT2D eigenvalue weighted by atomic mass is 19.4. The van der Waals surface area contributed by atoms with Crippen molar-refractivity contribution in [2.75, 3.05) is 6.54 Å². The molecule has 2 fully saturated rings. The molecular formula is C14H24F3N. The Morgan fingerprint density at radius 1 is 0.833 bits per heavy atom. The zero-order chi connectivity index (χ0) is 13.0. The maximum atomic E-state index is 12.5. The first-order chi connectivity index (χ1) is 8.55. The summed E-state index contributed by atoms with van der Waals surface area (Å²) < 4.78 is 37.6. The van der Waals surface area contributed by atoms with Gasteiger partial charge in [-0.2, -0.15) is 13.2 Å². The summed E-state index contributed by atoms with van der Waals surface area (Å²) in [7, 11) is 0. The van der Waals surface area contributed by atoms with Gasteiger partial charge in [-0.1, -0.05) is 19.3 Å². The molecule has 2 aliphatic rings. The van der Waals surface area contributed by atoms with Gasteiger partial charge in [0.05, 0.1) is 5.92 Å². The van der Waals surface area contributed by atoms with E-state index in [4.69, 9.17) is 0 Å². The van der Waals surface area contributed by atoms with Gasteiger partial charge in [0.2, 0.25) is 0 Å². The topological polar surface area (TPSA) is 12.0 Å². The largest absolute Gasteiger partial charge is 0.391 e. The highest BCUT2D eigenvalue weighted by Crippen LogP contribution is 2.39. The first kappa shape index (κ1) is 14.2. The minimum Gasteiger partial charge on any atom is -0.314 e. The van der Waals surface area contributed by atoms with Crippen molar-refractivity contribution < 1.29 is 13.2 Å². The van der Waals surface area contributed by atoms with Crippen LogP contribution in [0.2, 0.25) is 0 Å². The quantitative estimate of drug-likeness (QED) is 0.801. The summed E-state index contributed by atoms with van der Waals surface area (Å²) in [4.78, 5) is 0. The number of alkyl halides is 3. The van der Waals surface area contributed by atoms with Gasteiger partial charge in [-0.05, 0) is 51.0 Å². The minimum atomic E-state index is -3.97. The fourth-order valence-electron chi connectivity index (χ4n) is 3.33. The van der Waals surface area contributed by atoms with Gasteiger partial charge in [-0.25, -0.2) is 0 Å². The van der Waals surface area contributed by atoms with Crippen LogP contribution < -0.4 is 5.32 Å². The van der Waals surface area contributed by atoms with E-state index in [1.165, 1.54) is 32.1 Å². The smallest absolute Gasteiger partial charge is 0.314 e. The van der Waals surface area contributed by atoms with Crippen molar-refractivity contribution in [3.63, 3.8) is 0 Å². The molecule has 0 radical (unpaired) electrons. The van der Waals surface area contributed by atoms with E-state index in [-0.39, 0.29) is 0 Å². The van der Waals surface area contributed by atoms with Gasteiger partial charge in [0, 0.05) is 6.04 Å². The molecule has 2 aliphatic carbocycles. The zero-order valence-electron chi connectivity index (χ0n) is 10.9. The van der Waals surface area contributed by atoms with Gasteiger partial charge >= 0.3 is 6.18 Å². The molecule has 0 saturated heterocycles. The Bertz CT molecular complexity index is 238. The number of rotatable bonds is 3. The Hall–Kier alpha value is -0.250. The maximum absolute atomic E-state index is 12.5. The third kappa shape index (κ3) is 4.15. The molecule has 4 heteroatoms. The molecular weight excluding hydrogens is 239 g/mol. The molecule has 1 nitrogen and oxygen atoms in total. The van der Waals surface area contributed by atoms with Crippen LogP contribution in [0.5, 0.6) is 0 Å². The molecule has 0 aromatic rings. The third-order valence-electron chi connectivity index (χ3n) is 4.61. The van der Waals surface area contributed by atoms with E-state index < -0.39 is 12.1 Å². The van der Waals surface area contributed by atoms with E-state index in [0.717, 1.165) is 19.4 Å². The van der Waals surface area contributed by atoms with Crippen LogP contribution in [-0.2, 0) is 0 Å². The van der Waals surface area contributed by atoms with Crippen molar-refractivity contribution in [1.29, 1.82) is 0 Å². The van der Waals surface area contributed by atoms with Gasteiger partial charge in [0.25, 0.3) is 0 Å². The van der Waals surface area contributed by atoms with Gasteiger partial charge in [-0.3, -0.25) is 0 Å². The second-order valence-corrected chi connectivity index (χ2v) is 6.00. The zero-order valence-corrected chi connectivity index (χ0v) is 10.9. The lowest BCUT2D eigenvalue weighted by Crippen LogP contribution is -2.37. The fourth-order valence-corrected chi connectivity index (χ4v) is 3.33. The van der Waals surface area contributed by atoms with E-state index >= 15 is 0 Å². The first-order valence-corrected chi connectivity index (χ1v) is 7.36. The number of hydrogen-bond donors (Lipinski definition) is 1. The summed E-state index contributed by atoms with van der Waals surface area (Å²) >= 11 is 0. The van der Waals surface area contributed by atoms with Gasteiger partial charge in [0.15, 0.2) is 0 Å². The fraction of sp³-hybridized carbons (Fsp3) is 1.00. The molecule has 1 N–H and O–H groups in total. The van der Waals surface area contributed by atoms with Crippen LogP contribution in [0.1, 0.15) is 57.8 Å². The Morgan fingerprint density at radius 3 is 2.00 bits per heavy atom. The standard InChI is InChI=1S/C14H24F3N/c15-14(16,17)12-8-6-11(7-9-12)10-18-13-4-2-1-3-5-13/h11-13,18H,1-10H2. The van der Waals surface area contributed by atoms with E-state index in [0.29, 0.717) is 24.8 Å². The highest BCUT2D eigenvalue weighted by molar-refractivity contribution is 4.80. The summed E-state index contributed by atoms with van der Waals surface area (Å²) in [6.45, 7) is 0.926. The van der Waals surface area contributed by atoms with Crippen LogP contribution in [-0.4, -0.2) is 18.8 Å². The van der Waals surface area contributed by atoms with Crippen molar-refractivity contribution in [3.05, 3.63) is 0 Å². The average Bonchev–Trinajstić information content (AvgIpc) is 2.37. The summed E-state index contributed by atoms with van der Waals surface area (Å²) in [6, 6.07) is 0.624. The van der Waals surface area contributed by atoms with Crippen LogP contribution in [0.4, 0.5) is 13.2 Å². The molecule has 0 unspecified atom stereocenters. The molecule has 0 bridgehead atoms. The molecule has 18 heavy (non-hydrogen) atoms. The van der Waals surface area contributed by atoms with Crippen molar-refractivity contribution in [1.82, 2.24) is 5.32 Å². The molecule has 0 amide bonds. The molecule has 106 valence electrons. The van der Waals surface area contributed by atoms with E-state index in [1.807, 2.05) is 0 Å². The molecule has 0 aliphatic heterocycles. The predicted octanol–water partition coefficient (Wildman–Crippen LogP) is 4.28. The molecule has 0 spiro atoms. The van der Waals surface area contributed by atoms with E-state index in [2.05, 4.69) is 5.32 Å². The Morgan fingerprint density at radius 2 is 1.44 bits per heavy atom. The van der Waals surface area contributed by atoms with Crippen LogP contribution >= 0.6 is 0 Å². The van der Waals surface area contributed by atoms with Crippen molar-refractivity contribution in [2.24, 2.45) is 11.8 Å². The molecule has 0 aromatic carbocycles. The highest BCUT2D eigenvalue weighted by Gasteiger charge is 2.41. The summed E-state index contributed by atoms with van der Waals surface area (Å²) in [5.74, 6) is -0.575. The Kier molecular flexibility index (Phi) is 4.93. The van der Waals surface area contributed by atoms with Crippen LogP contribution in [0.25, 0.3) is 0 Å². The molecule has 0 heterocycles. The second kappa shape index (κ2) is 6.27. The molecule has 0 atom stereocenters. The maximum Gasteiger partial charge on any atom is 0.391 e. The van der Waals surface area contributed by atoms with E-state index in [1.54, 1.807) is 0 Å². The number of halogens is 3. The van der Waals surface area contributed by atoms with Crippen LogP contribution in [0, 0.1) is 11.8 Å². The van der Waals surface area contributed by atoms with Gasteiger partial charge in [-0.15, -0.1) is 0 Å². The summed E-state index contributed by atoms with van der Waals surface area (Å²) in [6.07, 6.45) is 4.62. The van der Waals surface area contributed by atoms with Gasteiger partial charge in [0.1, 0.15) is 0 Å². The summed E-state index contributed by atoms with van der Waals surface area (Å²) in [5, 5.41) is 3.56. The lowest BCUT2D eigenvalue weighted by atomic mass is 9.81. The van der Waals surface area contributed by atoms with Crippen LogP contribution in [0.15, 0.2) is 0 Å². The van der Waals surface area contributed by atoms with Crippen molar-refractivity contribution in [2.45, 2.75) is 70.0 Å². The average molecular weight is 263 g/mol. The predicted molar refractivity (Wildman–Crippen MR) is 66.4 cm³/mol. The molecule has 2 saturated carbocycles. The second-order valence-electron chi connectivity index (χ2n) is 6.00. The normalized spacial score (nSPS) is 31.5. The molecule has 0 aromatic heterocycles. The lowest BCUT2D eigenvalue weighted by molar-refractivity contribution is -0.183. The van der Waals surface area contributed by atoms with Crippen molar-refractivity contribution >= 4 is 0 Å². The summed E-state index contributed by atoms with van der Waals surface area (Å²) in [5.41, 5.74) is 0. The first-order valence-electron chi connectivity index (χ1n) is 7.36.